The Morgan fingerprint density at radius 3 is 2.70 bits per heavy atom. The first-order valence-corrected chi connectivity index (χ1v) is 7.01. The third kappa shape index (κ3) is 2.47. The molecule has 0 bridgehead atoms. The predicted octanol–water partition coefficient (Wildman–Crippen LogP) is 3.82. The second kappa shape index (κ2) is 5.51. The molecule has 0 unspecified atom stereocenters. The minimum Gasteiger partial charge on any atom is -0.292 e. The van der Waals surface area contributed by atoms with Crippen molar-refractivity contribution in [2.75, 3.05) is 0 Å². The molecule has 0 aliphatic rings. The minimum atomic E-state index is -0.00571. The average Bonchev–Trinajstić information content (AvgIpc) is 2.48. The van der Waals surface area contributed by atoms with Crippen LogP contribution in [0.5, 0.6) is 0 Å². The molecule has 0 N–H and O–H groups in total. The molecule has 0 aliphatic heterocycles. The number of para-hydroxylation sites is 1. The molecular weight excluding hydrogens is 316 g/mol. The Hall–Kier alpha value is -2.07. The van der Waals surface area contributed by atoms with Gasteiger partial charge in [0.15, 0.2) is 5.78 Å². The van der Waals surface area contributed by atoms with Crippen LogP contribution in [0, 0.1) is 0 Å². The third-order valence-corrected chi connectivity index (χ3v) is 3.75. The SMILES string of the molecule is O=C(Cc1ccnc2ccccc12)c1ncccc1Br. The number of carbonyl (C=O) groups excluding carboxylic acids is 1. The highest BCUT2D eigenvalue weighted by Crippen LogP contribution is 2.20. The van der Waals surface area contributed by atoms with Gasteiger partial charge in [0.05, 0.1) is 5.52 Å². The van der Waals surface area contributed by atoms with Crippen molar-refractivity contribution < 1.29 is 4.79 Å². The molecular formula is C16H11BrN2O. The molecule has 0 amide bonds. The second-order valence-corrected chi connectivity index (χ2v) is 5.28. The number of halogens is 1. The van der Waals surface area contributed by atoms with E-state index in [-0.39, 0.29) is 5.78 Å². The van der Waals surface area contributed by atoms with Gasteiger partial charge in [-0.1, -0.05) is 18.2 Å². The maximum absolute atomic E-state index is 12.4. The fraction of sp³-hybridized carbons (Fsp3) is 0.0625. The van der Waals surface area contributed by atoms with Gasteiger partial charge in [0.2, 0.25) is 0 Å². The molecule has 2 heterocycles. The van der Waals surface area contributed by atoms with E-state index in [1.165, 1.54) is 0 Å². The average molecular weight is 327 g/mol. The monoisotopic (exact) mass is 326 g/mol. The maximum Gasteiger partial charge on any atom is 0.186 e. The molecule has 4 heteroatoms. The van der Waals surface area contributed by atoms with Gasteiger partial charge >= 0.3 is 0 Å². The van der Waals surface area contributed by atoms with E-state index < -0.39 is 0 Å². The topological polar surface area (TPSA) is 42.9 Å². The first kappa shape index (κ1) is 12.9. The van der Waals surface area contributed by atoms with E-state index in [9.17, 15) is 4.79 Å². The van der Waals surface area contributed by atoms with Crippen molar-refractivity contribution in [3.05, 3.63) is 70.6 Å². The summed E-state index contributed by atoms with van der Waals surface area (Å²) in [6.45, 7) is 0. The first-order chi connectivity index (χ1) is 9.75. The highest BCUT2D eigenvalue weighted by molar-refractivity contribution is 9.10. The van der Waals surface area contributed by atoms with Crippen LogP contribution < -0.4 is 0 Å². The standard InChI is InChI=1S/C16H11BrN2O/c17-13-5-3-8-19-16(13)15(20)10-11-7-9-18-14-6-2-1-4-12(11)14/h1-9H,10H2. The molecule has 20 heavy (non-hydrogen) atoms. The Labute approximate surface area is 124 Å². The molecule has 0 aliphatic carbocycles. The van der Waals surface area contributed by atoms with Crippen molar-refractivity contribution in [1.82, 2.24) is 9.97 Å². The Balaban J connectivity index is 1.98. The van der Waals surface area contributed by atoms with Crippen LogP contribution in [-0.4, -0.2) is 15.8 Å². The molecule has 3 nitrogen and oxygen atoms in total. The van der Waals surface area contributed by atoms with Crippen molar-refractivity contribution in [3.8, 4) is 0 Å². The molecule has 0 atom stereocenters. The van der Waals surface area contributed by atoms with Gasteiger partial charge in [-0.25, -0.2) is 0 Å². The van der Waals surface area contributed by atoms with Crippen LogP contribution in [0.1, 0.15) is 16.1 Å². The lowest BCUT2D eigenvalue weighted by molar-refractivity contribution is 0.0988. The zero-order valence-electron chi connectivity index (χ0n) is 10.6. The van der Waals surface area contributed by atoms with Crippen LogP contribution in [0.25, 0.3) is 10.9 Å². The molecule has 0 spiro atoms. The molecule has 3 aromatic rings. The molecule has 2 aromatic heterocycles. The Morgan fingerprint density at radius 1 is 1.00 bits per heavy atom. The normalized spacial score (nSPS) is 10.7. The zero-order chi connectivity index (χ0) is 13.9. The third-order valence-electron chi connectivity index (χ3n) is 3.11. The summed E-state index contributed by atoms with van der Waals surface area (Å²) in [7, 11) is 0. The van der Waals surface area contributed by atoms with Crippen LogP contribution in [0.3, 0.4) is 0 Å². The summed E-state index contributed by atoms with van der Waals surface area (Å²) >= 11 is 3.36. The van der Waals surface area contributed by atoms with E-state index in [1.807, 2.05) is 36.4 Å². The molecule has 0 radical (unpaired) electrons. The summed E-state index contributed by atoms with van der Waals surface area (Å²) in [6, 6.07) is 13.3. The Morgan fingerprint density at radius 2 is 1.85 bits per heavy atom. The first-order valence-electron chi connectivity index (χ1n) is 6.22. The quantitative estimate of drug-likeness (QED) is 0.687. The fourth-order valence-electron chi connectivity index (χ4n) is 2.16. The van der Waals surface area contributed by atoms with Crippen LogP contribution in [0.4, 0.5) is 0 Å². The smallest absolute Gasteiger partial charge is 0.186 e. The Bertz CT molecular complexity index is 781. The lowest BCUT2D eigenvalue weighted by Crippen LogP contribution is -2.07. The van der Waals surface area contributed by atoms with Crippen molar-refractivity contribution in [3.63, 3.8) is 0 Å². The number of hydrogen-bond donors (Lipinski definition) is 0. The highest BCUT2D eigenvalue weighted by atomic mass is 79.9. The molecule has 0 saturated heterocycles. The van der Waals surface area contributed by atoms with E-state index in [4.69, 9.17) is 0 Å². The van der Waals surface area contributed by atoms with E-state index in [2.05, 4.69) is 25.9 Å². The molecule has 98 valence electrons. The fourth-order valence-corrected chi connectivity index (χ4v) is 2.63. The van der Waals surface area contributed by atoms with Gasteiger partial charge in [-0.15, -0.1) is 0 Å². The van der Waals surface area contributed by atoms with Gasteiger partial charge < -0.3 is 0 Å². The number of ketones is 1. The van der Waals surface area contributed by atoms with Crippen LogP contribution in [-0.2, 0) is 6.42 Å². The summed E-state index contributed by atoms with van der Waals surface area (Å²) in [6.07, 6.45) is 3.68. The Kier molecular flexibility index (Phi) is 3.56. The predicted molar refractivity (Wildman–Crippen MR) is 81.7 cm³/mol. The number of Topliss-reactive ketones (excluding diaryl/α,β-unsaturated/α-hetero) is 1. The number of hydrogen-bond acceptors (Lipinski definition) is 3. The van der Waals surface area contributed by atoms with Crippen molar-refractivity contribution in [2.24, 2.45) is 0 Å². The van der Waals surface area contributed by atoms with Gasteiger partial charge in [-0.05, 0) is 45.8 Å². The van der Waals surface area contributed by atoms with E-state index in [0.29, 0.717) is 12.1 Å². The molecule has 3 rings (SSSR count). The number of carbonyl (C=O) groups is 1. The zero-order valence-corrected chi connectivity index (χ0v) is 12.2. The summed E-state index contributed by atoms with van der Waals surface area (Å²) in [5.41, 5.74) is 2.34. The van der Waals surface area contributed by atoms with Gasteiger partial charge in [-0.3, -0.25) is 14.8 Å². The van der Waals surface area contributed by atoms with Gasteiger partial charge in [0, 0.05) is 28.7 Å². The van der Waals surface area contributed by atoms with Crippen molar-refractivity contribution >= 4 is 32.6 Å². The van der Waals surface area contributed by atoms with Crippen molar-refractivity contribution in [2.45, 2.75) is 6.42 Å². The summed E-state index contributed by atoms with van der Waals surface area (Å²) in [5, 5.41) is 1.01. The second-order valence-electron chi connectivity index (χ2n) is 4.42. The van der Waals surface area contributed by atoms with Crippen LogP contribution in [0.2, 0.25) is 0 Å². The maximum atomic E-state index is 12.4. The van der Waals surface area contributed by atoms with Crippen LogP contribution >= 0.6 is 15.9 Å². The number of nitrogens with zero attached hydrogens (tertiary/aromatic N) is 2. The van der Waals surface area contributed by atoms with E-state index in [0.717, 1.165) is 20.9 Å². The lowest BCUT2D eigenvalue weighted by atomic mass is 10.0. The molecule has 0 fully saturated rings. The minimum absolute atomic E-state index is 0.00571. The molecule has 0 saturated carbocycles. The van der Waals surface area contributed by atoms with Gasteiger partial charge in [0.25, 0.3) is 0 Å². The number of fused-ring (bicyclic) bond motifs is 1. The van der Waals surface area contributed by atoms with E-state index in [1.54, 1.807) is 18.5 Å². The van der Waals surface area contributed by atoms with Gasteiger partial charge in [-0.2, -0.15) is 0 Å². The number of rotatable bonds is 3. The van der Waals surface area contributed by atoms with E-state index >= 15 is 0 Å². The lowest BCUT2D eigenvalue weighted by Gasteiger charge is -2.06. The summed E-state index contributed by atoms with van der Waals surface area (Å²) in [5.74, 6) is -0.00571. The van der Waals surface area contributed by atoms with Crippen LogP contribution in [0.15, 0.2) is 59.3 Å². The van der Waals surface area contributed by atoms with Gasteiger partial charge in [0.1, 0.15) is 5.69 Å². The number of benzene rings is 1. The highest BCUT2D eigenvalue weighted by Gasteiger charge is 2.13. The number of pyridine rings is 2. The van der Waals surface area contributed by atoms with Crippen molar-refractivity contribution in [1.29, 1.82) is 0 Å². The largest absolute Gasteiger partial charge is 0.292 e. The summed E-state index contributed by atoms with van der Waals surface area (Å²) in [4.78, 5) is 20.8. The summed E-state index contributed by atoms with van der Waals surface area (Å²) < 4.78 is 0.725. The molecule has 1 aromatic carbocycles. The number of aromatic nitrogens is 2.